The molecule has 0 aliphatic rings. The van der Waals surface area contributed by atoms with E-state index in [0.29, 0.717) is 17.1 Å². The summed E-state index contributed by atoms with van der Waals surface area (Å²) in [6.07, 6.45) is 3.41. The zero-order valence-corrected chi connectivity index (χ0v) is 14.1. The Bertz CT molecular complexity index is 1070. The zero-order chi connectivity index (χ0) is 17.9. The van der Waals surface area contributed by atoms with Crippen LogP contribution in [-0.2, 0) is 0 Å². The molecule has 0 unspecified atom stereocenters. The van der Waals surface area contributed by atoms with Crippen LogP contribution in [0.15, 0.2) is 73.1 Å². The number of aromatic nitrogens is 3. The van der Waals surface area contributed by atoms with Crippen molar-refractivity contribution in [1.29, 1.82) is 0 Å². The lowest BCUT2D eigenvalue weighted by atomic mass is 10.2. The van der Waals surface area contributed by atoms with Gasteiger partial charge in [-0.15, -0.1) is 0 Å². The van der Waals surface area contributed by atoms with E-state index in [1.54, 1.807) is 36.3 Å². The molecule has 4 rings (SSSR count). The molecule has 1 N–H and O–H groups in total. The van der Waals surface area contributed by atoms with E-state index < -0.39 is 0 Å². The molecule has 0 atom stereocenters. The Labute approximate surface area is 150 Å². The van der Waals surface area contributed by atoms with Crippen LogP contribution < -0.4 is 10.1 Å². The fourth-order valence-corrected chi connectivity index (χ4v) is 2.79. The number of carbonyl (C=O) groups excluding carboxylic acids is 1. The summed E-state index contributed by atoms with van der Waals surface area (Å²) in [6.45, 7) is 0. The Balaban J connectivity index is 1.72. The SMILES string of the molecule is COc1cc(-n2ncc3c(NC(=O)c4ccccc4)cccc32)ccn1. The van der Waals surface area contributed by atoms with Crippen LogP contribution in [0.25, 0.3) is 16.6 Å². The Kier molecular flexibility index (Phi) is 4.07. The molecular formula is C20H16N4O2. The van der Waals surface area contributed by atoms with Crippen molar-refractivity contribution in [2.24, 2.45) is 0 Å². The van der Waals surface area contributed by atoms with Crippen molar-refractivity contribution in [3.8, 4) is 11.6 Å². The summed E-state index contributed by atoms with van der Waals surface area (Å²) in [7, 11) is 1.57. The molecule has 0 saturated carbocycles. The smallest absolute Gasteiger partial charge is 0.255 e. The van der Waals surface area contributed by atoms with Gasteiger partial charge in [-0.2, -0.15) is 5.10 Å². The molecule has 0 aliphatic heterocycles. The summed E-state index contributed by atoms with van der Waals surface area (Å²) in [5, 5.41) is 8.28. The number of fused-ring (bicyclic) bond motifs is 1. The highest BCUT2D eigenvalue weighted by Crippen LogP contribution is 2.26. The normalized spacial score (nSPS) is 10.7. The largest absolute Gasteiger partial charge is 0.481 e. The molecule has 2 aromatic heterocycles. The molecule has 0 spiro atoms. The van der Waals surface area contributed by atoms with E-state index in [4.69, 9.17) is 4.74 Å². The summed E-state index contributed by atoms with van der Waals surface area (Å²) in [5.41, 5.74) is 3.03. The molecule has 6 nitrogen and oxygen atoms in total. The number of benzene rings is 2. The van der Waals surface area contributed by atoms with Crippen molar-refractivity contribution in [3.05, 3.63) is 78.6 Å². The van der Waals surface area contributed by atoms with E-state index in [1.165, 1.54) is 0 Å². The van der Waals surface area contributed by atoms with Gasteiger partial charge < -0.3 is 10.1 Å². The maximum atomic E-state index is 12.5. The van der Waals surface area contributed by atoms with Crippen LogP contribution in [0.5, 0.6) is 5.88 Å². The standard InChI is InChI=1S/C20H16N4O2/c1-26-19-12-15(10-11-21-19)24-18-9-5-8-17(16(18)13-22-24)23-20(25)14-6-3-2-4-7-14/h2-13H,1H3,(H,23,25). The topological polar surface area (TPSA) is 69.0 Å². The Morgan fingerprint density at radius 1 is 1.08 bits per heavy atom. The molecular weight excluding hydrogens is 328 g/mol. The molecule has 6 heteroatoms. The number of methoxy groups -OCH3 is 1. The number of amides is 1. The second-order valence-electron chi connectivity index (χ2n) is 5.67. The summed E-state index contributed by atoms with van der Waals surface area (Å²) >= 11 is 0. The first kappa shape index (κ1) is 15.8. The first-order valence-corrected chi connectivity index (χ1v) is 8.10. The molecule has 26 heavy (non-hydrogen) atoms. The molecule has 0 saturated heterocycles. The zero-order valence-electron chi connectivity index (χ0n) is 14.1. The lowest BCUT2D eigenvalue weighted by Gasteiger charge is -2.08. The van der Waals surface area contributed by atoms with Crippen molar-refractivity contribution in [1.82, 2.24) is 14.8 Å². The van der Waals surface area contributed by atoms with Gasteiger partial charge in [0.05, 0.1) is 30.2 Å². The van der Waals surface area contributed by atoms with Gasteiger partial charge in [0.25, 0.3) is 5.91 Å². The molecule has 0 radical (unpaired) electrons. The Morgan fingerprint density at radius 2 is 1.92 bits per heavy atom. The van der Waals surface area contributed by atoms with E-state index in [-0.39, 0.29) is 5.91 Å². The molecule has 2 heterocycles. The summed E-state index contributed by atoms with van der Waals surface area (Å²) < 4.78 is 6.97. The molecule has 128 valence electrons. The second-order valence-corrected chi connectivity index (χ2v) is 5.67. The van der Waals surface area contributed by atoms with Gasteiger partial charge >= 0.3 is 0 Å². The molecule has 2 aromatic carbocycles. The molecule has 0 bridgehead atoms. The summed E-state index contributed by atoms with van der Waals surface area (Å²) in [6, 6.07) is 18.5. The predicted octanol–water partition coefficient (Wildman–Crippen LogP) is 3.68. The fraction of sp³-hybridized carbons (Fsp3) is 0.0500. The summed E-state index contributed by atoms with van der Waals surface area (Å²) in [4.78, 5) is 16.6. The van der Waals surface area contributed by atoms with Crippen LogP contribution in [0.2, 0.25) is 0 Å². The number of anilines is 1. The lowest BCUT2D eigenvalue weighted by molar-refractivity contribution is 0.102. The van der Waals surface area contributed by atoms with E-state index in [1.807, 2.05) is 48.5 Å². The van der Waals surface area contributed by atoms with Crippen LogP contribution in [0.1, 0.15) is 10.4 Å². The van der Waals surface area contributed by atoms with E-state index in [2.05, 4.69) is 15.4 Å². The van der Waals surface area contributed by atoms with Crippen LogP contribution in [0.3, 0.4) is 0 Å². The highest BCUT2D eigenvalue weighted by atomic mass is 16.5. The Hall–Kier alpha value is -3.67. The minimum atomic E-state index is -0.156. The van der Waals surface area contributed by atoms with Crippen molar-refractivity contribution < 1.29 is 9.53 Å². The summed E-state index contributed by atoms with van der Waals surface area (Å²) in [5.74, 6) is 0.358. The number of pyridine rings is 1. The van der Waals surface area contributed by atoms with Gasteiger partial charge in [0, 0.05) is 23.2 Å². The number of nitrogens with zero attached hydrogens (tertiary/aromatic N) is 3. The molecule has 1 amide bonds. The van der Waals surface area contributed by atoms with E-state index in [0.717, 1.165) is 16.6 Å². The average Bonchev–Trinajstić information content (AvgIpc) is 3.14. The number of hydrogen-bond donors (Lipinski definition) is 1. The highest BCUT2D eigenvalue weighted by Gasteiger charge is 2.12. The Morgan fingerprint density at radius 3 is 2.73 bits per heavy atom. The van der Waals surface area contributed by atoms with Gasteiger partial charge in [0.1, 0.15) is 0 Å². The van der Waals surface area contributed by atoms with Gasteiger partial charge in [-0.3, -0.25) is 4.79 Å². The van der Waals surface area contributed by atoms with Gasteiger partial charge in [-0.1, -0.05) is 24.3 Å². The fourth-order valence-electron chi connectivity index (χ4n) is 2.79. The molecule has 4 aromatic rings. The van der Waals surface area contributed by atoms with Gasteiger partial charge in [0.2, 0.25) is 5.88 Å². The first-order chi connectivity index (χ1) is 12.8. The van der Waals surface area contributed by atoms with E-state index in [9.17, 15) is 4.79 Å². The second kappa shape index (κ2) is 6.68. The van der Waals surface area contributed by atoms with Crippen molar-refractivity contribution in [2.45, 2.75) is 0 Å². The third-order valence-electron chi connectivity index (χ3n) is 4.07. The van der Waals surface area contributed by atoms with E-state index >= 15 is 0 Å². The minimum Gasteiger partial charge on any atom is -0.481 e. The van der Waals surface area contributed by atoms with Crippen LogP contribution in [0.4, 0.5) is 5.69 Å². The van der Waals surface area contributed by atoms with Gasteiger partial charge in [-0.25, -0.2) is 9.67 Å². The maximum Gasteiger partial charge on any atom is 0.255 e. The predicted molar refractivity (Wildman–Crippen MR) is 99.8 cm³/mol. The number of carbonyl (C=O) groups is 1. The third-order valence-corrected chi connectivity index (χ3v) is 4.07. The van der Waals surface area contributed by atoms with Crippen molar-refractivity contribution in [3.63, 3.8) is 0 Å². The lowest BCUT2D eigenvalue weighted by Crippen LogP contribution is -2.11. The maximum absolute atomic E-state index is 12.5. The van der Waals surface area contributed by atoms with Crippen molar-refractivity contribution in [2.75, 3.05) is 12.4 Å². The van der Waals surface area contributed by atoms with Crippen LogP contribution >= 0.6 is 0 Å². The number of rotatable bonds is 4. The van der Waals surface area contributed by atoms with Crippen molar-refractivity contribution >= 4 is 22.5 Å². The monoisotopic (exact) mass is 344 g/mol. The first-order valence-electron chi connectivity index (χ1n) is 8.10. The number of nitrogens with one attached hydrogen (secondary N) is 1. The highest BCUT2D eigenvalue weighted by molar-refractivity contribution is 6.08. The van der Waals surface area contributed by atoms with Gasteiger partial charge in [0.15, 0.2) is 0 Å². The number of hydrogen-bond acceptors (Lipinski definition) is 4. The average molecular weight is 344 g/mol. The van der Waals surface area contributed by atoms with Gasteiger partial charge in [-0.05, 0) is 30.3 Å². The quantitative estimate of drug-likeness (QED) is 0.613. The van der Waals surface area contributed by atoms with Crippen LogP contribution in [-0.4, -0.2) is 27.8 Å². The number of ether oxygens (including phenoxy) is 1. The minimum absolute atomic E-state index is 0.156. The third kappa shape index (κ3) is 2.88. The van der Waals surface area contributed by atoms with Crippen LogP contribution in [0, 0.1) is 0 Å². The molecule has 0 fully saturated rings. The molecule has 0 aliphatic carbocycles.